The van der Waals surface area contributed by atoms with Crippen molar-refractivity contribution in [2.75, 3.05) is 0 Å². The molecule has 0 atom stereocenters. The van der Waals surface area contributed by atoms with Gasteiger partial charge in [-0.15, -0.1) is 13.2 Å². The summed E-state index contributed by atoms with van der Waals surface area (Å²) in [6.07, 6.45) is -3.72. The lowest BCUT2D eigenvalue weighted by Gasteiger charge is -2.09. The van der Waals surface area contributed by atoms with Crippen molar-refractivity contribution in [2.45, 2.75) is 6.36 Å². The van der Waals surface area contributed by atoms with E-state index in [-0.39, 0.29) is 22.0 Å². The Morgan fingerprint density at radius 3 is 2.48 bits per heavy atom. The number of halogens is 4. The first kappa shape index (κ1) is 16.3. The van der Waals surface area contributed by atoms with E-state index in [0.717, 1.165) is 18.3 Å². The third kappa shape index (κ3) is 5.05. The van der Waals surface area contributed by atoms with Crippen molar-refractivity contribution in [1.82, 2.24) is 0 Å². The van der Waals surface area contributed by atoms with Crippen LogP contribution in [0.2, 0.25) is 5.02 Å². The maximum absolute atomic E-state index is 12.0. The summed E-state index contributed by atoms with van der Waals surface area (Å²) in [5.74, 6) is -0.489. The van der Waals surface area contributed by atoms with E-state index in [0.29, 0.717) is 0 Å². The van der Waals surface area contributed by atoms with E-state index >= 15 is 0 Å². The minimum absolute atomic E-state index is 0.0756. The number of nitrogens with zero attached hydrogens (tertiary/aromatic N) is 3. The number of rotatable bonds is 3. The summed E-state index contributed by atoms with van der Waals surface area (Å²) < 4.78 is 39.8. The Morgan fingerprint density at radius 2 is 2.00 bits per heavy atom. The Kier molecular flexibility index (Phi) is 5.17. The molecule has 0 heterocycles. The predicted octanol–water partition coefficient (Wildman–Crippen LogP) is 2.87. The molecule has 0 aliphatic rings. The first-order valence-electron chi connectivity index (χ1n) is 5.16. The highest BCUT2D eigenvalue weighted by molar-refractivity contribution is 6.33. The fourth-order valence-electron chi connectivity index (χ4n) is 1.16. The quantitative estimate of drug-likeness (QED) is 0.685. The molecule has 21 heavy (non-hydrogen) atoms. The largest absolute Gasteiger partial charge is 0.573 e. The standard InChI is InChI=1S/C12H6ClF3N4O/c13-9-3-8(21-12(14,15)16)2-1-7(9)6-20-11(5-18)10(19)4-17/h1-3,6H,19H2/b11-10-,20-6?. The minimum Gasteiger partial charge on any atom is -0.406 e. The lowest BCUT2D eigenvalue weighted by Crippen LogP contribution is -2.17. The Balaban J connectivity index is 3.03. The molecule has 0 bridgehead atoms. The lowest BCUT2D eigenvalue weighted by atomic mass is 10.2. The normalized spacial score (nSPS) is 12.5. The average Bonchev–Trinajstić information content (AvgIpc) is 2.39. The summed E-state index contributed by atoms with van der Waals surface area (Å²) in [5.41, 5.74) is 4.74. The van der Waals surface area contributed by atoms with Gasteiger partial charge < -0.3 is 10.5 Å². The Hall–Kier alpha value is -2.71. The molecule has 0 unspecified atom stereocenters. The summed E-state index contributed by atoms with van der Waals surface area (Å²) >= 11 is 5.76. The van der Waals surface area contributed by atoms with Gasteiger partial charge in [-0.1, -0.05) is 11.6 Å². The number of allylic oxidation sites excluding steroid dienone is 2. The molecular formula is C12H6ClF3N4O. The second-order valence-corrected chi connectivity index (χ2v) is 3.88. The molecule has 0 saturated heterocycles. The van der Waals surface area contributed by atoms with Crippen molar-refractivity contribution in [1.29, 1.82) is 10.5 Å². The molecule has 1 rings (SSSR count). The smallest absolute Gasteiger partial charge is 0.406 e. The SMILES string of the molecule is N#C/C(N)=C(\C#N)N=Cc1ccc(OC(F)(F)F)cc1Cl. The fourth-order valence-corrected chi connectivity index (χ4v) is 1.37. The van der Waals surface area contributed by atoms with Crippen LogP contribution in [0.5, 0.6) is 5.75 Å². The zero-order chi connectivity index (χ0) is 16.0. The van der Waals surface area contributed by atoms with Gasteiger partial charge in [-0.05, 0) is 18.2 Å². The van der Waals surface area contributed by atoms with Crippen molar-refractivity contribution in [2.24, 2.45) is 10.7 Å². The van der Waals surface area contributed by atoms with Gasteiger partial charge in [0.05, 0.1) is 5.02 Å². The second-order valence-electron chi connectivity index (χ2n) is 3.48. The molecule has 0 aliphatic carbocycles. The summed E-state index contributed by atoms with van der Waals surface area (Å²) in [4.78, 5) is 3.65. The molecule has 108 valence electrons. The number of nitriles is 2. The highest BCUT2D eigenvalue weighted by Crippen LogP contribution is 2.27. The van der Waals surface area contributed by atoms with E-state index in [2.05, 4.69) is 9.73 Å². The number of benzene rings is 1. The lowest BCUT2D eigenvalue weighted by molar-refractivity contribution is -0.274. The molecule has 0 aromatic heterocycles. The van der Waals surface area contributed by atoms with E-state index in [9.17, 15) is 13.2 Å². The maximum Gasteiger partial charge on any atom is 0.573 e. The topological polar surface area (TPSA) is 95.2 Å². The molecule has 5 nitrogen and oxygen atoms in total. The molecule has 0 amide bonds. The average molecular weight is 315 g/mol. The van der Waals surface area contributed by atoms with Crippen LogP contribution in [0.3, 0.4) is 0 Å². The monoisotopic (exact) mass is 314 g/mol. The van der Waals surface area contributed by atoms with Crippen LogP contribution in [0.25, 0.3) is 0 Å². The van der Waals surface area contributed by atoms with Gasteiger partial charge in [0, 0.05) is 11.8 Å². The number of alkyl halides is 3. The van der Waals surface area contributed by atoms with Gasteiger partial charge in [0.25, 0.3) is 0 Å². The molecular weight excluding hydrogens is 309 g/mol. The van der Waals surface area contributed by atoms with Gasteiger partial charge in [0.15, 0.2) is 5.70 Å². The van der Waals surface area contributed by atoms with Gasteiger partial charge in [-0.3, -0.25) is 0 Å². The number of hydrogen-bond donors (Lipinski definition) is 1. The Labute approximate surface area is 122 Å². The molecule has 0 spiro atoms. The maximum atomic E-state index is 12.0. The number of ether oxygens (including phenoxy) is 1. The van der Waals surface area contributed by atoms with Gasteiger partial charge in [0.1, 0.15) is 23.6 Å². The van der Waals surface area contributed by atoms with Gasteiger partial charge in [-0.2, -0.15) is 10.5 Å². The van der Waals surface area contributed by atoms with E-state index in [4.69, 9.17) is 27.9 Å². The van der Waals surface area contributed by atoms with Crippen LogP contribution in [0.1, 0.15) is 5.56 Å². The molecule has 0 saturated carbocycles. The first-order chi connectivity index (χ1) is 9.76. The number of hydrogen-bond acceptors (Lipinski definition) is 5. The predicted molar refractivity (Wildman–Crippen MR) is 68.2 cm³/mol. The van der Waals surface area contributed by atoms with E-state index in [1.54, 1.807) is 12.1 Å². The highest BCUT2D eigenvalue weighted by Gasteiger charge is 2.31. The van der Waals surface area contributed by atoms with E-state index in [1.807, 2.05) is 0 Å². The summed E-state index contributed by atoms with van der Waals surface area (Å²) in [6, 6.07) is 6.34. The highest BCUT2D eigenvalue weighted by atomic mass is 35.5. The van der Waals surface area contributed by atoms with Crippen molar-refractivity contribution in [3.63, 3.8) is 0 Å². The Bertz CT molecular complexity index is 683. The van der Waals surface area contributed by atoms with Crippen LogP contribution in [-0.4, -0.2) is 12.6 Å². The summed E-state index contributed by atoms with van der Waals surface area (Å²) in [7, 11) is 0. The molecule has 1 aromatic carbocycles. The molecule has 1 aromatic rings. The van der Waals surface area contributed by atoms with Crippen LogP contribution >= 0.6 is 11.6 Å². The van der Waals surface area contributed by atoms with E-state index in [1.165, 1.54) is 6.07 Å². The molecule has 0 aliphatic heterocycles. The third-order valence-electron chi connectivity index (χ3n) is 2.02. The Morgan fingerprint density at radius 1 is 1.33 bits per heavy atom. The van der Waals surface area contributed by atoms with Crippen LogP contribution in [-0.2, 0) is 0 Å². The van der Waals surface area contributed by atoms with Crippen molar-refractivity contribution in [3.8, 4) is 17.9 Å². The number of aliphatic imine (C=N–C) groups is 1. The summed E-state index contributed by atoms with van der Waals surface area (Å²) in [6.45, 7) is 0. The van der Waals surface area contributed by atoms with Crippen LogP contribution in [0.15, 0.2) is 34.6 Å². The van der Waals surface area contributed by atoms with Gasteiger partial charge in [0.2, 0.25) is 0 Å². The van der Waals surface area contributed by atoms with Crippen molar-refractivity contribution < 1.29 is 17.9 Å². The summed E-state index contributed by atoms with van der Waals surface area (Å²) in [5, 5.41) is 17.2. The minimum atomic E-state index is -4.82. The van der Waals surface area contributed by atoms with Gasteiger partial charge >= 0.3 is 6.36 Å². The third-order valence-corrected chi connectivity index (χ3v) is 2.35. The first-order valence-corrected chi connectivity index (χ1v) is 5.54. The molecule has 9 heteroatoms. The van der Waals surface area contributed by atoms with E-state index < -0.39 is 12.1 Å². The zero-order valence-electron chi connectivity index (χ0n) is 10.1. The van der Waals surface area contributed by atoms with Crippen LogP contribution in [0.4, 0.5) is 13.2 Å². The van der Waals surface area contributed by atoms with Gasteiger partial charge in [-0.25, -0.2) is 4.99 Å². The molecule has 0 radical (unpaired) electrons. The van der Waals surface area contributed by atoms with Crippen LogP contribution in [0, 0.1) is 22.7 Å². The second kappa shape index (κ2) is 6.64. The van der Waals surface area contributed by atoms with Crippen LogP contribution < -0.4 is 10.5 Å². The van der Waals surface area contributed by atoms with Crippen molar-refractivity contribution in [3.05, 3.63) is 40.2 Å². The zero-order valence-corrected chi connectivity index (χ0v) is 10.9. The molecule has 2 N–H and O–H groups in total. The fraction of sp³-hybridized carbons (Fsp3) is 0.0833. The molecule has 0 fully saturated rings. The number of nitrogens with two attached hydrogens (primary N) is 1. The van der Waals surface area contributed by atoms with Crippen molar-refractivity contribution >= 4 is 17.8 Å².